The van der Waals surface area contributed by atoms with Crippen LogP contribution in [0, 0.1) is 0 Å². The third-order valence-electron chi connectivity index (χ3n) is 3.17. The van der Waals surface area contributed by atoms with Crippen LogP contribution in [0.4, 0.5) is 0 Å². The average molecular weight is 377 g/mol. The Hall–Kier alpha value is -4.00. The number of fused-ring (bicyclic) bond motifs is 1. The molecule has 0 spiro atoms. The zero-order valence-corrected chi connectivity index (χ0v) is 15.0. The average Bonchev–Trinajstić information content (AvgIpc) is 2.69. The van der Waals surface area contributed by atoms with Crippen LogP contribution in [-0.4, -0.2) is 36.1 Å². The van der Waals surface area contributed by atoms with Crippen LogP contribution in [0.15, 0.2) is 94.5 Å². The molecule has 1 aliphatic heterocycles. The van der Waals surface area contributed by atoms with Crippen molar-refractivity contribution in [1.82, 2.24) is 0 Å². The van der Waals surface area contributed by atoms with E-state index in [0.29, 0.717) is 0 Å². The van der Waals surface area contributed by atoms with E-state index in [4.69, 9.17) is 14.6 Å². The SMILES string of the molecule is O=C(O)C1=NC=CN=COC=CC=CC=Cc2ccccc2C=NCOC=C1. The van der Waals surface area contributed by atoms with Crippen molar-refractivity contribution in [3.63, 3.8) is 0 Å². The molecule has 0 unspecified atom stereocenters. The van der Waals surface area contributed by atoms with Crippen molar-refractivity contribution in [2.24, 2.45) is 15.0 Å². The molecule has 0 atom stereocenters. The number of hydrogen-bond donors (Lipinski definition) is 1. The molecule has 1 aromatic carbocycles. The van der Waals surface area contributed by atoms with Crippen LogP contribution in [0.1, 0.15) is 11.1 Å². The molecule has 0 fully saturated rings. The Kier molecular flexibility index (Phi) is 8.97. The van der Waals surface area contributed by atoms with Crippen LogP contribution in [0.25, 0.3) is 6.08 Å². The zero-order chi connectivity index (χ0) is 19.9. The summed E-state index contributed by atoms with van der Waals surface area (Å²) in [6, 6.07) is 7.77. The molecule has 2 rings (SSSR count). The van der Waals surface area contributed by atoms with Gasteiger partial charge in [-0.3, -0.25) is 4.99 Å². The van der Waals surface area contributed by atoms with Crippen LogP contribution < -0.4 is 0 Å². The topological polar surface area (TPSA) is 92.8 Å². The van der Waals surface area contributed by atoms with Crippen molar-refractivity contribution in [1.29, 1.82) is 0 Å². The predicted molar refractivity (Wildman–Crippen MR) is 110 cm³/mol. The molecule has 1 aliphatic rings. The number of allylic oxidation sites excluding steroid dienone is 4. The summed E-state index contributed by atoms with van der Waals surface area (Å²) in [7, 11) is 0. The monoisotopic (exact) mass is 377 g/mol. The van der Waals surface area contributed by atoms with Crippen molar-refractivity contribution in [2.45, 2.75) is 0 Å². The van der Waals surface area contributed by atoms with Crippen LogP contribution in [0.5, 0.6) is 0 Å². The number of benzene rings is 1. The molecule has 7 heteroatoms. The molecule has 142 valence electrons. The number of aliphatic carboxylic acids is 1. The van der Waals surface area contributed by atoms with Gasteiger partial charge in [-0.1, -0.05) is 48.6 Å². The molecule has 0 aromatic heterocycles. The second-order valence-corrected chi connectivity index (χ2v) is 5.12. The first-order valence-corrected chi connectivity index (χ1v) is 8.27. The van der Waals surface area contributed by atoms with Crippen molar-refractivity contribution in [2.75, 3.05) is 6.73 Å². The lowest BCUT2D eigenvalue weighted by Gasteiger charge is -2.00. The van der Waals surface area contributed by atoms with Crippen molar-refractivity contribution >= 4 is 30.4 Å². The highest BCUT2D eigenvalue weighted by Crippen LogP contribution is 2.08. The maximum absolute atomic E-state index is 11.1. The maximum Gasteiger partial charge on any atom is 0.354 e. The third-order valence-corrected chi connectivity index (χ3v) is 3.17. The van der Waals surface area contributed by atoms with Gasteiger partial charge >= 0.3 is 5.97 Å². The fourth-order valence-electron chi connectivity index (χ4n) is 1.92. The van der Waals surface area contributed by atoms with Gasteiger partial charge in [0.25, 0.3) is 0 Å². The molecule has 0 saturated carbocycles. The summed E-state index contributed by atoms with van der Waals surface area (Å²) in [5, 5.41) is 9.10. The van der Waals surface area contributed by atoms with E-state index in [1.165, 1.54) is 37.4 Å². The van der Waals surface area contributed by atoms with Crippen LogP contribution in [-0.2, 0) is 14.3 Å². The lowest BCUT2D eigenvalue weighted by atomic mass is 10.1. The van der Waals surface area contributed by atoms with Crippen LogP contribution in [0.3, 0.4) is 0 Å². The Labute approximate surface area is 162 Å². The van der Waals surface area contributed by atoms with E-state index in [9.17, 15) is 4.79 Å². The number of carbonyl (C=O) groups is 1. The number of aliphatic imine (C=N–C) groups is 3. The van der Waals surface area contributed by atoms with E-state index >= 15 is 0 Å². The van der Waals surface area contributed by atoms with Crippen LogP contribution in [0.2, 0.25) is 0 Å². The molecule has 0 saturated heterocycles. The van der Waals surface area contributed by atoms with Gasteiger partial charge in [-0.25, -0.2) is 14.8 Å². The molecule has 0 amide bonds. The van der Waals surface area contributed by atoms with E-state index < -0.39 is 5.97 Å². The van der Waals surface area contributed by atoms with Crippen molar-refractivity contribution in [3.8, 4) is 0 Å². The van der Waals surface area contributed by atoms with E-state index in [2.05, 4.69) is 15.0 Å². The number of carboxylic acid groups (broad SMARTS) is 1. The van der Waals surface area contributed by atoms with E-state index in [-0.39, 0.29) is 12.4 Å². The highest BCUT2D eigenvalue weighted by atomic mass is 16.5. The lowest BCUT2D eigenvalue weighted by Crippen LogP contribution is -2.09. The van der Waals surface area contributed by atoms with Gasteiger partial charge in [0, 0.05) is 24.7 Å². The van der Waals surface area contributed by atoms with E-state index in [0.717, 1.165) is 11.1 Å². The summed E-state index contributed by atoms with van der Waals surface area (Å²) in [5.74, 6) is -1.19. The van der Waals surface area contributed by atoms with E-state index in [1.807, 2.05) is 48.6 Å². The Morgan fingerprint density at radius 2 is 1.79 bits per heavy atom. The minimum Gasteiger partial charge on any atom is -0.479 e. The highest BCUT2D eigenvalue weighted by Gasteiger charge is 2.03. The Balaban J connectivity index is 2.19. The molecule has 7 nitrogen and oxygen atoms in total. The molecule has 1 heterocycles. The van der Waals surface area contributed by atoms with E-state index in [1.54, 1.807) is 12.3 Å². The summed E-state index contributed by atoms with van der Waals surface area (Å²) in [4.78, 5) is 22.9. The fraction of sp³-hybridized carbons (Fsp3) is 0.0476. The third kappa shape index (κ3) is 7.92. The highest BCUT2D eigenvalue weighted by molar-refractivity contribution is 6.40. The number of ether oxygens (including phenoxy) is 2. The maximum atomic E-state index is 11.1. The largest absolute Gasteiger partial charge is 0.479 e. The van der Waals surface area contributed by atoms with Crippen molar-refractivity contribution < 1.29 is 19.4 Å². The van der Waals surface area contributed by atoms with Gasteiger partial charge in [0.05, 0.1) is 12.5 Å². The normalized spacial score (nSPS) is 15.1. The van der Waals surface area contributed by atoms with Gasteiger partial charge in [-0.05, 0) is 17.2 Å². The molecular weight excluding hydrogens is 358 g/mol. The second-order valence-electron chi connectivity index (χ2n) is 5.12. The van der Waals surface area contributed by atoms with Gasteiger partial charge in [0.2, 0.25) is 0 Å². The van der Waals surface area contributed by atoms with Gasteiger partial charge in [-0.15, -0.1) is 0 Å². The number of hydrogen-bond acceptors (Lipinski definition) is 6. The second kappa shape index (κ2) is 12.4. The summed E-state index contributed by atoms with van der Waals surface area (Å²) < 4.78 is 10.2. The first-order valence-electron chi connectivity index (χ1n) is 8.27. The number of carboxylic acids is 1. The van der Waals surface area contributed by atoms with Gasteiger partial charge < -0.3 is 14.6 Å². The first-order chi connectivity index (χ1) is 13.8. The summed E-state index contributed by atoms with van der Waals surface area (Å²) in [6.07, 6.45) is 18.6. The molecule has 28 heavy (non-hydrogen) atoms. The minimum absolute atomic E-state index is 0.0453. The minimum atomic E-state index is -1.19. The Bertz CT molecular complexity index is 891. The number of nitrogens with zero attached hydrogens (tertiary/aromatic N) is 3. The summed E-state index contributed by atoms with van der Waals surface area (Å²) >= 11 is 0. The molecule has 0 bridgehead atoms. The molecule has 0 radical (unpaired) electrons. The van der Waals surface area contributed by atoms with Crippen LogP contribution >= 0.6 is 0 Å². The van der Waals surface area contributed by atoms with Gasteiger partial charge in [0.15, 0.2) is 18.8 Å². The molecule has 1 N–H and O–H groups in total. The lowest BCUT2D eigenvalue weighted by molar-refractivity contribution is -0.129. The Morgan fingerprint density at radius 3 is 2.64 bits per heavy atom. The van der Waals surface area contributed by atoms with Crippen molar-refractivity contribution in [3.05, 3.63) is 90.7 Å². The molecule has 0 aliphatic carbocycles. The zero-order valence-electron chi connectivity index (χ0n) is 15.0. The summed E-state index contributed by atoms with van der Waals surface area (Å²) in [6.45, 7) is 0.0453. The van der Waals surface area contributed by atoms with Gasteiger partial charge in [0.1, 0.15) is 0 Å². The quantitative estimate of drug-likeness (QED) is 0.807. The fourth-order valence-corrected chi connectivity index (χ4v) is 1.92. The molecule has 1 aromatic rings. The molecular formula is C21H19N3O4. The summed E-state index contributed by atoms with van der Waals surface area (Å²) in [5.41, 5.74) is 1.72. The standard InChI is InChI=1S/C21H19N3O4/c25-21(26)20-10-14-28-17-23-15-19-9-5-4-8-18(19)7-3-1-2-6-13-27-16-22-11-12-24-20/h1-16H,17H2,(H,25,26). The number of rotatable bonds is 1. The first kappa shape index (κ1) is 20.3. The smallest absolute Gasteiger partial charge is 0.354 e. The predicted octanol–water partition coefficient (Wildman–Crippen LogP) is 3.73. The van der Waals surface area contributed by atoms with Gasteiger partial charge in [-0.2, -0.15) is 0 Å². The Morgan fingerprint density at radius 1 is 0.964 bits per heavy atom.